The Morgan fingerprint density at radius 2 is 2.30 bits per heavy atom. The third-order valence-corrected chi connectivity index (χ3v) is 3.06. The van der Waals surface area contributed by atoms with Crippen molar-refractivity contribution in [2.45, 2.75) is 6.10 Å². The summed E-state index contributed by atoms with van der Waals surface area (Å²) >= 11 is 0. The lowest BCUT2D eigenvalue weighted by molar-refractivity contribution is -0.121. The number of amides is 1. The van der Waals surface area contributed by atoms with Gasteiger partial charge in [-0.1, -0.05) is 12.1 Å². The summed E-state index contributed by atoms with van der Waals surface area (Å²) in [6, 6.07) is 7.34. The van der Waals surface area contributed by atoms with Crippen molar-refractivity contribution in [3.63, 3.8) is 0 Å². The van der Waals surface area contributed by atoms with E-state index < -0.39 is 6.10 Å². The topological polar surface area (TPSA) is 71.0 Å². The third kappa shape index (κ3) is 3.69. The molecule has 0 bridgehead atoms. The first kappa shape index (κ1) is 14.8. The van der Waals surface area contributed by atoms with Gasteiger partial charge in [0.05, 0.1) is 24.9 Å². The summed E-state index contributed by atoms with van der Waals surface area (Å²) in [7, 11) is 1.63. The van der Waals surface area contributed by atoms with Gasteiger partial charge in [-0.25, -0.2) is 0 Å². The van der Waals surface area contributed by atoms with Gasteiger partial charge < -0.3 is 24.8 Å². The van der Waals surface area contributed by atoms with Gasteiger partial charge in [0.25, 0.3) is 5.91 Å². The number of hydrogen-bond donors (Lipinski definition) is 2. The van der Waals surface area contributed by atoms with Crippen LogP contribution in [0.3, 0.4) is 0 Å². The monoisotopic (exact) mass is 280 g/mol. The fourth-order valence-electron chi connectivity index (χ4n) is 2.07. The highest BCUT2D eigenvalue weighted by Crippen LogP contribution is 2.31. The van der Waals surface area contributed by atoms with E-state index >= 15 is 0 Å². The number of methoxy groups -OCH3 is 1. The molecule has 1 atom stereocenters. The molecule has 0 aliphatic carbocycles. The zero-order chi connectivity index (χ0) is 14.4. The summed E-state index contributed by atoms with van der Waals surface area (Å²) in [5.74, 6) is 0.534. The van der Waals surface area contributed by atoms with Crippen LogP contribution in [-0.4, -0.2) is 57.1 Å². The van der Waals surface area contributed by atoms with Gasteiger partial charge in [-0.05, 0) is 12.1 Å². The van der Waals surface area contributed by atoms with Crippen molar-refractivity contribution < 1.29 is 19.4 Å². The molecule has 2 rings (SSSR count). The second kappa shape index (κ2) is 7.23. The molecule has 0 spiro atoms. The summed E-state index contributed by atoms with van der Waals surface area (Å²) < 4.78 is 10.3. The Morgan fingerprint density at radius 1 is 1.50 bits per heavy atom. The van der Waals surface area contributed by atoms with Crippen LogP contribution in [-0.2, 0) is 9.53 Å². The van der Waals surface area contributed by atoms with Crippen molar-refractivity contribution in [1.29, 1.82) is 0 Å². The number of aliphatic hydroxyl groups excluding tert-OH is 1. The van der Waals surface area contributed by atoms with Crippen LogP contribution in [0.4, 0.5) is 5.69 Å². The Balaban J connectivity index is 1.93. The normalized spacial score (nSPS) is 15.7. The first-order valence-electron chi connectivity index (χ1n) is 6.62. The molecule has 1 aromatic rings. The number of para-hydroxylation sites is 2. The predicted molar refractivity (Wildman–Crippen MR) is 75.0 cm³/mol. The Morgan fingerprint density at radius 3 is 3.10 bits per heavy atom. The van der Waals surface area contributed by atoms with Crippen LogP contribution in [0.25, 0.3) is 0 Å². The number of β-amino-alcohol motifs (C(OH)–C–C–N with tert-alkyl or cyclic N) is 1. The minimum absolute atomic E-state index is 0.0147. The maximum absolute atomic E-state index is 11.9. The lowest BCUT2D eigenvalue weighted by Crippen LogP contribution is -2.45. The number of benzene rings is 1. The van der Waals surface area contributed by atoms with Crippen LogP contribution in [0.2, 0.25) is 0 Å². The van der Waals surface area contributed by atoms with Crippen molar-refractivity contribution in [1.82, 2.24) is 5.32 Å². The standard InChI is InChI=1S/C14H20N2O4/c1-19-7-6-15-8-11(17)9-16-12-4-2-3-5-13(12)20-10-14(16)18/h2-5,11,15,17H,6-10H2,1H3. The highest BCUT2D eigenvalue weighted by Gasteiger charge is 2.26. The van der Waals surface area contributed by atoms with Gasteiger partial charge in [0.2, 0.25) is 0 Å². The molecule has 1 aliphatic rings. The molecule has 1 aliphatic heterocycles. The molecule has 0 radical (unpaired) electrons. The fourth-order valence-corrected chi connectivity index (χ4v) is 2.07. The van der Waals surface area contributed by atoms with E-state index in [1.54, 1.807) is 12.0 Å². The van der Waals surface area contributed by atoms with Gasteiger partial charge in [-0.15, -0.1) is 0 Å². The van der Waals surface area contributed by atoms with Gasteiger partial charge in [0.15, 0.2) is 6.61 Å². The molecule has 0 saturated heterocycles. The van der Waals surface area contributed by atoms with E-state index in [1.165, 1.54) is 0 Å². The van der Waals surface area contributed by atoms with E-state index in [4.69, 9.17) is 9.47 Å². The second-order valence-electron chi connectivity index (χ2n) is 4.61. The van der Waals surface area contributed by atoms with E-state index in [2.05, 4.69) is 5.32 Å². The molecule has 6 nitrogen and oxygen atoms in total. The predicted octanol–water partition coefficient (Wildman–Crippen LogP) is 0.00890. The number of rotatable bonds is 7. The van der Waals surface area contributed by atoms with E-state index in [0.29, 0.717) is 31.1 Å². The summed E-state index contributed by atoms with van der Waals surface area (Å²) in [5.41, 5.74) is 0.708. The lowest BCUT2D eigenvalue weighted by Gasteiger charge is -2.30. The van der Waals surface area contributed by atoms with Crippen molar-refractivity contribution in [3.05, 3.63) is 24.3 Å². The Bertz CT molecular complexity index is 453. The average molecular weight is 280 g/mol. The number of hydrogen-bond acceptors (Lipinski definition) is 5. The van der Waals surface area contributed by atoms with E-state index in [-0.39, 0.29) is 19.1 Å². The summed E-state index contributed by atoms with van der Waals surface area (Å²) in [5, 5.41) is 13.1. The van der Waals surface area contributed by atoms with Crippen molar-refractivity contribution >= 4 is 11.6 Å². The molecule has 110 valence electrons. The number of ether oxygens (including phenoxy) is 2. The number of carbonyl (C=O) groups is 1. The van der Waals surface area contributed by atoms with Gasteiger partial charge in [0.1, 0.15) is 5.75 Å². The highest BCUT2D eigenvalue weighted by molar-refractivity contribution is 5.97. The Kier molecular flexibility index (Phi) is 5.34. The number of fused-ring (bicyclic) bond motifs is 1. The van der Waals surface area contributed by atoms with Crippen LogP contribution >= 0.6 is 0 Å². The van der Waals surface area contributed by atoms with Crippen LogP contribution in [0.1, 0.15) is 0 Å². The number of anilines is 1. The van der Waals surface area contributed by atoms with Gasteiger partial charge in [-0.2, -0.15) is 0 Å². The molecular formula is C14H20N2O4. The van der Waals surface area contributed by atoms with Gasteiger partial charge in [-0.3, -0.25) is 4.79 Å². The second-order valence-corrected chi connectivity index (χ2v) is 4.61. The van der Waals surface area contributed by atoms with Crippen LogP contribution < -0.4 is 15.0 Å². The van der Waals surface area contributed by atoms with Gasteiger partial charge in [0, 0.05) is 20.2 Å². The number of aliphatic hydroxyl groups is 1. The van der Waals surface area contributed by atoms with E-state index in [1.807, 2.05) is 24.3 Å². The molecule has 0 aromatic heterocycles. The summed E-state index contributed by atoms with van der Waals surface area (Å²) in [4.78, 5) is 13.5. The van der Waals surface area contributed by atoms with Crippen LogP contribution in [0.15, 0.2) is 24.3 Å². The highest BCUT2D eigenvalue weighted by atomic mass is 16.5. The first-order valence-corrected chi connectivity index (χ1v) is 6.62. The smallest absolute Gasteiger partial charge is 0.265 e. The Hall–Kier alpha value is -1.63. The number of nitrogens with zero attached hydrogens (tertiary/aromatic N) is 1. The van der Waals surface area contributed by atoms with E-state index in [9.17, 15) is 9.90 Å². The quantitative estimate of drug-likeness (QED) is 0.688. The molecule has 1 amide bonds. The fraction of sp³-hybridized carbons (Fsp3) is 0.500. The largest absolute Gasteiger partial charge is 0.482 e. The van der Waals surface area contributed by atoms with Crippen molar-refractivity contribution in [2.75, 3.05) is 44.9 Å². The molecule has 2 N–H and O–H groups in total. The lowest BCUT2D eigenvalue weighted by atomic mass is 10.2. The van der Waals surface area contributed by atoms with Gasteiger partial charge >= 0.3 is 0 Å². The minimum atomic E-state index is -0.637. The molecule has 6 heteroatoms. The maximum Gasteiger partial charge on any atom is 0.265 e. The third-order valence-electron chi connectivity index (χ3n) is 3.06. The van der Waals surface area contributed by atoms with Crippen LogP contribution in [0, 0.1) is 0 Å². The van der Waals surface area contributed by atoms with Crippen molar-refractivity contribution in [2.24, 2.45) is 0 Å². The molecular weight excluding hydrogens is 260 g/mol. The molecule has 1 aromatic carbocycles. The molecule has 1 heterocycles. The minimum Gasteiger partial charge on any atom is -0.482 e. The number of carbonyl (C=O) groups excluding carboxylic acids is 1. The zero-order valence-corrected chi connectivity index (χ0v) is 11.5. The molecule has 20 heavy (non-hydrogen) atoms. The van der Waals surface area contributed by atoms with E-state index in [0.717, 1.165) is 0 Å². The molecule has 0 fully saturated rings. The molecule has 0 saturated carbocycles. The summed E-state index contributed by atoms with van der Waals surface area (Å²) in [6.45, 7) is 1.93. The first-order chi connectivity index (χ1) is 9.72. The zero-order valence-electron chi connectivity index (χ0n) is 11.5. The Labute approximate surface area is 118 Å². The number of nitrogens with one attached hydrogen (secondary N) is 1. The SMILES string of the molecule is COCCNCC(O)CN1C(=O)COc2ccccc21. The van der Waals surface area contributed by atoms with Crippen molar-refractivity contribution in [3.8, 4) is 5.75 Å². The maximum atomic E-state index is 11.9. The summed E-state index contributed by atoms with van der Waals surface area (Å²) in [6.07, 6.45) is -0.637. The van der Waals surface area contributed by atoms with Crippen LogP contribution in [0.5, 0.6) is 5.75 Å². The average Bonchev–Trinajstić information content (AvgIpc) is 2.47. The molecule has 1 unspecified atom stereocenters.